The SMILES string of the molecule is CC(C)C1=C2C3CCC4C(C)(CCC5C(C)(C)C(CC(=O)C6CC(C(=O)O)C6C)CCC54C)C3CCC2(CCNCc2ccc(Cl)cc2OCCN(C)C)CC1=O. The van der Waals surface area contributed by atoms with E-state index in [9.17, 15) is 19.5 Å². The maximum Gasteiger partial charge on any atom is 0.306 e. The number of carbonyl (C=O) groups is 3. The van der Waals surface area contributed by atoms with Crippen LogP contribution in [-0.4, -0.2) is 61.3 Å². The summed E-state index contributed by atoms with van der Waals surface area (Å²) in [5.74, 6) is 3.20. The molecular weight excluding hydrogens is 732 g/mol. The fourth-order valence-corrected chi connectivity index (χ4v) is 15.0. The molecular formula is C49H73ClN2O5. The molecule has 0 amide bonds. The number of Topliss-reactive ketones (excluding diaryl/α,β-unsaturated/α-hetero) is 2. The van der Waals surface area contributed by atoms with E-state index in [-0.39, 0.29) is 45.3 Å². The normalized spacial score (nSPS) is 38.3. The summed E-state index contributed by atoms with van der Waals surface area (Å²) in [7, 11) is 4.10. The van der Waals surface area contributed by atoms with E-state index in [0.29, 0.717) is 78.6 Å². The van der Waals surface area contributed by atoms with Crippen molar-refractivity contribution >= 4 is 29.1 Å². The zero-order valence-corrected chi connectivity index (χ0v) is 37.4. The van der Waals surface area contributed by atoms with Gasteiger partial charge in [-0.1, -0.05) is 71.7 Å². The molecule has 11 unspecified atom stereocenters. The Hall–Kier alpha value is -2.22. The molecule has 8 heteroatoms. The van der Waals surface area contributed by atoms with Gasteiger partial charge in [-0.25, -0.2) is 0 Å². The van der Waals surface area contributed by atoms with Gasteiger partial charge in [0.1, 0.15) is 18.1 Å². The summed E-state index contributed by atoms with van der Waals surface area (Å²) in [5, 5.41) is 14.0. The van der Waals surface area contributed by atoms with E-state index >= 15 is 0 Å². The van der Waals surface area contributed by atoms with E-state index in [1.807, 2.05) is 33.2 Å². The van der Waals surface area contributed by atoms with Crippen LogP contribution >= 0.6 is 11.6 Å². The molecule has 1 aromatic carbocycles. The van der Waals surface area contributed by atoms with Gasteiger partial charge in [0.05, 0.1) is 5.92 Å². The molecule has 5 saturated carbocycles. The minimum absolute atomic E-state index is 0.0464. The molecule has 0 spiro atoms. The van der Waals surface area contributed by atoms with Crippen LogP contribution in [0, 0.1) is 74.9 Å². The summed E-state index contributed by atoms with van der Waals surface area (Å²) in [6.07, 6.45) is 12.2. The Balaban J connectivity index is 1.05. The van der Waals surface area contributed by atoms with E-state index in [1.165, 1.54) is 44.1 Å². The Kier molecular flexibility index (Phi) is 12.0. The Morgan fingerprint density at radius 2 is 1.72 bits per heavy atom. The van der Waals surface area contributed by atoms with E-state index in [2.05, 4.69) is 57.8 Å². The summed E-state index contributed by atoms with van der Waals surface area (Å²) < 4.78 is 6.16. The Labute approximate surface area is 348 Å². The van der Waals surface area contributed by atoms with Gasteiger partial charge >= 0.3 is 5.97 Å². The average molecular weight is 806 g/mol. The lowest BCUT2D eigenvalue weighted by molar-refractivity contribution is -0.193. The third kappa shape index (κ3) is 7.49. The number of nitrogens with zero attached hydrogens (tertiary/aromatic N) is 1. The van der Waals surface area contributed by atoms with Gasteiger partial charge in [-0.3, -0.25) is 14.4 Å². The van der Waals surface area contributed by atoms with Crippen LogP contribution in [0.25, 0.3) is 0 Å². The summed E-state index contributed by atoms with van der Waals surface area (Å²) in [6, 6.07) is 5.94. The van der Waals surface area contributed by atoms with Gasteiger partial charge in [0.25, 0.3) is 0 Å². The molecule has 0 heterocycles. The van der Waals surface area contributed by atoms with Crippen LogP contribution in [0.15, 0.2) is 29.3 Å². The fraction of sp³-hybridized carbons (Fsp3) is 0.776. The summed E-state index contributed by atoms with van der Waals surface area (Å²) in [5.41, 5.74) is 4.33. The van der Waals surface area contributed by atoms with Crippen LogP contribution in [0.4, 0.5) is 0 Å². The van der Waals surface area contributed by atoms with Crippen LogP contribution < -0.4 is 10.1 Å². The minimum atomic E-state index is -0.751. The largest absolute Gasteiger partial charge is 0.492 e. The van der Waals surface area contributed by atoms with Crippen molar-refractivity contribution < 1.29 is 24.2 Å². The highest BCUT2D eigenvalue weighted by molar-refractivity contribution is 6.30. The maximum atomic E-state index is 14.1. The highest BCUT2D eigenvalue weighted by Crippen LogP contribution is 2.74. The van der Waals surface area contributed by atoms with Crippen LogP contribution in [0.1, 0.15) is 131 Å². The second-order valence-corrected chi connectivity index (χ2v) is 22.0. The van der Waals surface area contributed by atoms with Crippen LogP contribution in [0.5, 0.6) is 5.75 Å². The highest BCUT2D eigenvalue weighted by Gasteiger charge is 2.66. The monoisotopic (exact) mass is 805 g/mol. The molecule has 57 heavy (non-hydrogen) atoms. The minimum Gasteiger partial charge on any atom is -0.492 e. The predicted octanol–water partition coefficient (Wildman–Crippen LogP) is 10.3. The van der Waals surface area contributed by atoms with Crippen molar-refractivity contribution in [3.05, 3.63) is 39.9 Å². The van der Waals surface area contributed by atoms with E-state index in [1.54, 1.807) is 5.57 Å². The number of halogens is 1. The van der Waals surface area contributed by atoms with Crippen molar-refractivity contribution in [3.8, 4) is 5.75 Å². The molecule has 0 radical (unpaired) electrons. The summed E-state index contributed by atoms with van der Waals surface area (Å²) in [4.78, 5) is 41.5. The molecule has 7 rings (SSSR count). The van der Waals surface area contributed by atoms with E-state index in [4.69, 9.17) is 16.3 Å². The third-order valence-corrected chi connectivity index (χ3v) is 18.1. The number of hydrogen-bond donors (Lipinski definition) is 2. The number of nitrogens with one attached hydrogen (secondary N) is 1. The van der Waals surface area contributed by atoms with Gasteiger partial charge in [0.15, 0.2) is 5.78 Å². The number of ketones is 2. The Morgan fingerprint density at radius 1 is 0.982 bits per heavy atom. The molecule has 1 aromatic rings. The van der Waals surface area contributed by atoms with Gasteiger partial charge in [-0.05, 0) is 160 Å². The number of fused-ring (bicyclic) bond motifs is 7. The first-order chi connectivity index (χ1) is 26.8. The number of hydrogen-bond acceptors (Lipinski definition) is 6. The maximum absolute atomic E-state index is 14.1. The zero-order valence-electron chi connectivity index (χ0n) is 36.6. The van der Waals surface area contributed by atoms with E-state index in [0.717, 1.165) is 43.7 Å². The van der Waals surface area contributed by atoms with Crippen LogP contribution in [-0.2, 0) is 20.9 Å². The van der Waals surface area contributed by atoms with Gasteiger partial charge in [0, 0.05) is 47.9 Å². The summed E-state index contributed by atoms with van der Waals surface area (Å²) >= 11 is 6.38. The number of rotatable bonds is 14. The second kappa shape index (κ2) is 16.0. The molecule has 7 nitrogen and oxygen atoms in total. The first-order valence-corrected chi connectivity index (χ1v) is 23.0. The number of ether oxygens (including phenoxy) is 1. The molecule has 0 aliphatic heterocycles. The first-order valence-electron chi connectivity index (χ1n) is 22.6. The van der Waals surface area contributed by atoms with Gasteiger partial charge in [-0.2, -0.15) is 0 Å². The molecule has 5 fully saturated rings. The van der Waals surface area contributed by atoms with Crippen molar-refractivity contribution in [3.63, 3.8) is 0 Å². The van der Waals surface area contributed by atoms with Crippen LogP contribution in [0.3, 0.4) is 0 Å². The molecule has 0 saturated heterocycles. The second-order valence-electron chi connectivity index (χ2n) is 21.6. The Bertz CT molecular complexity index is 1750. The zero-order chi connectivity index (χ0) is 41.2. The van der Waals surface area contributed by atoms with Crippen LogP contribution in [0.2, 0.25) is 5.02 Å². The van der Waals surface area contributed by atoms with Crippen molar-refractivity contribution in [1.29, 1.82) is 0 Å². The lowest BCUT2D eigenvalue weighted by atomic mass is 9.35. The lowest BCUT2D eigenvalue weighted by Crippen LogP contribution is -2.62. The molecule has 6 aliphatic carbocycles. The average Bonchev–Trinajstić information content (AvgIpc) is 3.43. The number of carbonyl (C=O) groups excluding carboxylic acids is 2. The van der Waals surface area contributed by atoms with E-state index < -0.39 is 5.97 Å². The molecule has 2 N–H and O–H groups in total. The number of aliphatic carboxylic acids is 1. The smallest absolute Gasteiger partial charge is 0.306 e. The number of benzene rings is 1. The van der Waals surface area contributed by atoms with Crippen molar-refractivity contribution in [1.82, 2.24) is 10.2 Å². The standard InChI is InChI=1S/C49H73ClN2O5/c1-29(2)43-39(54)27-49(20-21-51-28-31-10-11-33(50)25-40(31)57-23-22-52(8)9)19-15-37-34(44(43)49)12-13-42-47(37,6)18-16-41-46(4,5)32(14-17-48(41,42)7)24-38(53)35-26-36(30(35)3)45(55)56/h10-11,25,29-30,32,34-37,41-42,51H,12-24,26-28H2,1-9H3,(H,55,56). The number of allylic oxidation sites excluding steroid dienone is 2. The van der Waals surface area contributed by atoms with Crippen molar-refractivity contribution in [2.24, 2.45) is 74.9 Å². The fourth-order valence-electron chi connectivity index (χ4n) is 14.8. The first kappa shape index (κ1) is 42.9. The summed E-state index contributed by atoms with van der Waals surface area (Å²) in [6.45, 7) is 19.7. The van der Waals surface area contributed by atoms with Gasteiger partial charge in [-0.15, -0.1) is 0 Å². The Morgan fingerprint density at radius 3 is 2.40 bits per heavy atom. The highest BCUT2D eigenvalue weighted by atomic mass is 35.5. The number of likely N-dealkylation sites (N-methyl/N-ethyl adjacent to an activating group) is 1. The van der Waals surface area contributed by atoms with Gasteiger partial charge in [0.2, 0.25) is 0 Å². The number of carboxylic acids is 1. The quantitative estimate of drug-likeness (QED) is 0.181. The van der Waals surface area contributed by atoms with Crippen molar-refractivity contribution in [2.75, 3.05) is 33.8 Å². The lowest BCUT2D eigenvalue weighted by Gasteiger charge is -2.69. The molecule has 0 bridgehead atoms. The van der Waals surface area contributed by atoms with Crippen molar-refractivity contribution in [2.45, 2.75) is 132 Å². The topological polar surface area (TPSA) is 95.9 Å². The predicted molar refractivity (Wildman–Crippen MR) is 228 cm³/mol. The molecule has 11 atom stereocenters. The number of carboxylic acid groups (broad SMARTS) is 1. The molecule has 6 aliphatic rings. The third-order valence-electron chi connectivity index (χ3n) is 17.9. The molecule has 316 valence electrons. The van der Waals surface area contributed by atoms with Gasteiger partial charge < -0.3 is 20.1 Å². The molecule has 0 aromatic heterocycles.